The second-order valence-corrected chi connectivity index (χ2v) is 6.45. The molecule has 0 aliphatic heterocycles. The number of nitrogens with one attached hydrogen (secondary N) is 1. The first-order valence-corrected chi connectivity index (χ1v) is 8.41. The van der Waals surface area contributed by atoms with Gasteiger partial charge in [0.2, 0.25) is 0 Å². The molecule has 3 aromatic rings. The van der Waals surface area contributed by atoms with Gasteiger partial charge in [-0.1, -0.05) is 42.5 Å². The van der Waals surface area contributed by atoms with E-state index in [-0.39, 0.29) is 5.56 Å². The SMILES string of the molecule is Cc1ccc(-c2ccccc2-c2c(C(=O)O)c(N)[nH]c(=O)c2C(=O)O)cc1C. The van der Waals surface area contributed by atoms with Crippen LogP contribution in [0.4, 0.5) is 5.82 Å². The van der Waals surface area contributed by atoms with Crippen LogP contribution in [0.5, 0.6) is 0 Å². The molecule has 0 saturated carbocycles. The van der Waals surface area contributed by atoms with Crippen LogP contribution in [0.3, 0.4) is 0 Å². The lowest BCUT2D eigenvalue weighted by atomic mass is 9.88. The summed E-state index contributed by atoms with van der Waals surface area (Å²) in [5.74, 6) is -3.36. The van der Waals surface area contributed by atoms with Crippen LogP contribution in [0.25, 0.3) is 22.3 Å². The predicted molar refractivity (Wildman–Crippen MR) is 106 cm³/mol. The molecule has 7 heteroatoms. The summed E-state index contributed by atoms with van der Waals surface area (Å²) in [6, 6.07) is 12.4. The number of nitrogen functional groups attached to an aromatic ring is 1. The lowest BCUT2D eigenvalue weighted by Gasteiger charge is -2.16. The quantitative estimate of drug-likeness (QED) is 0.550. The maximum absolute atomic E-state index is 12.3. The number of rotatable bonds is 4. The van der Waals surface area contributed by atoms with Crippen molar-refractivity contribution in [1.82, 2.24) is 4.98 Å². The molecular formula is C21H18N2O5. The van der Waals surface area contributed by atoms with Gasteiger partial charge >= 0.3 is 11.9 Å². The Hall–Kier alpha value is -3.87. The van der Waals surface area contributed by atoms with E-state index in [1.807, 2.05) is 32.0 Å². The highest BCUT2D eigenvalue weighted by Crippen LogP contribution is 2.37. The summed E-state index contributed by atoms with van der Waals surface area (Å²) < 4.78 is 0. The van der Waals surface area contributed by atoms with Gasteiger partial charge in [0.25, 0.3) is 5.56 Å². The van der Waals surface area contributed by atoms with Gasteiger partial charge in [-0.3, -0.25) is 4.79 Å². The van der Waals surface area contributed by atoms with Crippen LogP contribution in [0, 0.1) is 13.8 Å². The number of H-pyrrole nitrogens is 1. The summed E-state index contributed by atoms with van der Waals surface area (Å²) in [7, 11) is 0. The summed E-state index contributed by atoms with van der Waals surface area (Å²) in [5.41, 5.74) is 7.22. The molecule has 0 fully saturated rings. The number of benzene rings is 2. The lowest BCUT2D eigenvalue weighted by molar-refractivity contribution is 0.0695. The van der Waals surface area contributed by atoms with E-state index in [9.17, 15) is 24.6 Å². The highest BCUT2D eigenvalue weighted by molar-refractivity contribution is 6.09. The van der Waals surface area contributed by atoms with E-state index in [4.69, 9.17) is 5.73 Å². The molecule has 28 heavy (non-hydrogen) atoms. The van der Waals surface area contributed by atoms with Crippen molar-refractivity contribution in [2.45, 2.75) is 13.8 Å². The molecule has 0 spiro atoms. The Balaban J connectivity index is 2.46. The smallest absolute Gasteiger partial charge is 0.342 e. The standard InChI is InChI=1S/C21H18N2O5/c1-10-7-8-12(9-11(10)2)13-5-3-4-6-14(13)15-16(20(25)26)18(22)23-19(24)17(15)21(27)28/h3-9H,1-2H3,(H,25,26)(H,27,28)(H3,22,23,24). The molecule has 1 heterocycles. The highest BCUT2D eigenvalue weighted by Gasteiger charge is 2.28. The van der Waals surface area contributed by atoms with Crippen LogP contribution >= 0.6 is 0 Å². The first-order chi connectivity index (χ1) is 13.2. The minimum absolute atomic E-state index is 0.213. The topological polar surface area (TPSA) is 133 Å². The van der Waals surface area contributed by atoms with Gasteiger partial charge in [0.1, 0.15) is 16.9 Å². The van der Waals surface area contributed by atoms with Crippen molar-refractivity contribution < 1.29 is 19.8 Å². The summed E-state index contributed by atoms with van der Waals surface area (Å²) >= 11 is 0. The zero-order valence-electron chi connectivity index (χ0n) is 15.2. The number of hydrogen-bond donors (Lipinski definition) is 4. The maximum atomic E-state index is 12.3. The number of carbonyl (C=O) groups is 2. The second-order valence-electron chi connectivity index (χ2n) is 6.45. The number of aryl methyl sites for hydroxylation is 2. The van der Waals surface area contributed by atoms with Crippen molar-refractivity contribution in [3.63, 3.8) is 0 Å². The number of anilines is 1. The van der Waals surface area contributed by atoms with Crippen LogP contribution < -0.4 is 11.3 Å². The molecule has 0 amide bonds. The largest absolute Gasteiger partial charge is 0.478 e. The lowest BCUT2D eigenvalue weighted by Crippen LogP contribution is -2.24. The Kier molecular flexibility index (Phi) is 4.75. The molecule has 0 saturated heterocycles. The van der Waals surface area contributed by atoms with Crippen molar-refractivity contribution in [3.8, 4) is 22.3 Å². The molecule has 0 aliphatic carbocycles. The fourth-order valence-electron chi connectivity index (χ4n) is 3.18. The summed E-state index contributed by atoms with van der Waals surface area (Å²) in [6.07, 6.45) is 0. The van der Waals surface area contributed by atoms with Crippen molar-refractivity contribution >= 4 is 17.8 Å². The normalized spacial score (nSPS) is 10.6. The third kappa shape index (κ3) is 3.14. The van der Waals surface area contributed by atoms with Crippen LogP contribution in [0.2, 0.25) is 0 Å². The fourth-order valence-corrected chi connectivity index (χ4v) is 3.18. The fraction of sp³-hybridized carbons (Fsp3) is 0.0952. The minimum atomic E-state index is -1.53. The maximum Gasteiger partial charge on any atom is 0.342 e. The number of nitrogens with two attached hydrogens (primary N) is 1. The van der Waals surface area contributed by atoms with E-state index in [1.165, 1.54) is 0 Å². The highest BCUT2D eigenvalue weighted by atomic mass is 16.4. The van der Waals surface area contributed by atoms with Crippen LogP contribution in [0.1, 0.15) is 31.8 Å². The van der Waals surface area contributed by atoms with E-state index >= 15 is 0 Å². The average Bonchev–Trinajstić information content (AvgIpc) is 2.62. The van der Waals surface area contributed by atoms with Gasteiger partial charge in [0.05, 0.1) is 0 Å². The third-order valence-electron chi connectivity index (χ3n) is 4.69. The first kappa shape index (κ1) is 18.9. The summed E-state index contributed by atoms with van der Waals surface area (Å²) in [5, 5.41) is 19.2. The van der Waals surface area contributed by atoms with Crippen LogP contribution in [-0.2, 0) is 0 Å². The number of aromatic nitrogens is 1. The van der Waals surface area contributed by atoms with Crippen LogP contribution in [-0.4, -0.2) is 27.1 Å². The molecule has 0 unspecified atom stereocenters. The van der Waals surface area contributed by atoms with Gasteiger partial charge in [0, 0.05) is 5.56 Å². The molecule has 0 bridgehead atoms. The van der Waals surface area contributed by atoms with Crippen molar-refractivity contribution in [3.05, 3.63) is 75.1 Å². The molecule has 142 valence electrons. The van der Waals surface area contributed by atoms with E-state index in [2.05, 4.69) is 4.98 Å². The van der Waals surface area contributed by atoms with Gasteiger partial charge < -0.3 is 20.9 Å². The number of carboxylic acids is 2. The Morgan fingerprint density at radius 1 is 0.893 bits per heavy atom. The predicted octanol–water partition coefficient (Wildman–Crippen LogP) is 3.30. The molecule has 1 aromatic heterocycles. The van der Waals surface area contributed by atoms with Gasteiger partial charge in [0.15, 0.2) is 0 Å². The van der Waals surface area contributed by atoms with Crippen molar-refractivity contribution in [1.29, 1.82) is 0 Å². The number of carboxylic acid groups (broad SMARTS) is 2. The molecule has 2 aromatic carbocycles. The molecule has 0 radical (unpaired) electrons. The zero-order valence-corrected chi connectivity index (χ0v) is 15.2. The Morgan fingerprint density at radius 2 is 1.50 bits per heavy atom. The van der Waals surface area contributed by atoms with E-state index in [0.717, 1.165) is 16.7 Å². The van der Waals surface area contributed by atoms with Crippen molar-refractivity contribution in [2.24, 2.45) is 0 Å². The third-order valence-corrected chi connectivity index (χ3v) is 4.69. The number of hydrogen-bond acceptors (Lipinski definition) is 4. The van der Waals surface area contributed by atoms with Gasteiger partial charge in [-0.05, 0) is 41.7 Å². The van der Waals surface area contributed by atoms with E-state index in [0.29, 0.717) is 11.1 Å². The minimum Gasteiger partial charge on any atom is -0.478 e. The van der Waals surface area contributed by atoms with Gasteiger partial charge in [-0.2, -0.15) is 0 Å². The van der Waals surface area contributed by atoms with E-state index in [1.54, 1.807) is 24.3 Å². The molecule has 0 atom stereocenters. The Bertz CT molecular complexity index is 1180. The van der Waals surface area contributed by atoms with Crippen LogP contribution in [0.15, 0.2) is 47.3 Å². The zero-order chi connectivity index (χ0) is 20.6. The number of pyridine rings is 1. The van der Waals surface area contributed by atoms with Gasteiger partial charge in [-0.25, -0.2) is 9.59 Å². The van der Waals surface area contributed by atoms with Crippen molar-refractivity contribution in [2.75, 3.05) is 5.73 Å². The summed E-state index contributed by atoms with van der Waals surface area (Å²) in [4.78, 5) is 38.1. The van der Waals surface area contributed by atoms with Gasteiger partial charge in [-0.15, -0.1) is 0 Å². The van der Waals surface area contributed by atoms with E-state index < -0.39 is 34.4 Å². The molecule has 3 rings (SSSR count). The number of aromatic amines is 1. The summed E-state index contributed by atoms with van der Waals surface area (Å²) in [6.45, 7) is 3.91. The Labute approximate surface area is 160 Å². The second kappa shape index (κ2) is 7.03. The number of aromatic carboxylic acids is 2. The molecule has 0 aliphatic rings. The Morgan fingerprint density at radius 3 is 2.07 bits per heavy atom. The molecular weight excluding hydrogens is 360 g/mol. The average molecular weight is 378 g/mol. The molecule has 5 N–H and O–H groups in total. The first-order valence-electron chi connectivity index (χ1n) is 8.41. The monoisotopic (exact) mass is 378 g/mol. The molecule has 7 nitrogen and oxygen atoms in total.